The molecule has 0 aliphatic carbocycles. The molecule has 2 saturated heterocycles. The van der Waals surface area contributed by atoms with Crippen molar-refractivity contribution in [1.29, 1.82) is 0 Å². The lowest BCUT2D eigenvalue weighted by Gasteiger charge is -2.27. The predicted octanol–water partition coefficient (Wildman–Crippen LogP) is 3.05. The van der Waals surface area contributed by atoms with Crippen LogP contribution in [0.5, 0.6) is 0 Å². The molecule has 2 aromatic carbocycles. The Bertz CT molecular complexity index is 1200. The molecular weight excluding hydrogens is 381 g/mol. The standard InChI is InChI=1S/C24H24FN3O2/c1-26-12-17-13-28(14-20(17)22(26)16-7-5-8-18(25)10-16)24(30)19-11-15-6-3-4-9-21(15)27(2)23(19)29/h3-11,17,20,22H,12-14H2,1-2H3/t17-,20+,22-/m0/s1. The minimum atomic E-state index is -0.269. The molecule has 0 bridgehead atoms. The Hall–Kier alpha value is -2.99. The molecule has 3 heterocycles. The van der Waals surface area contributed by atoms with Gasteiger partial charge >= 0.3 is 0 Å². The van der Waals surface area contributed by atoms with E-state index < -0.39 is 0 Å². The first-order valence-electron chi connectivity index (χ1n) is 10.3. The molecule has 0 spiro atoms. The van der Waals surface area contributed by atoms with Gasteiger partial charge in [-0.25, -0.2) is 4.39 Å². The maximum Gasteiger partial charge on any atom is 0.263 e. The van der Waals surface area contributed by atoms with Crippen LogP contribution in [0, 0.1) is 17.7 Å². The molecular formula is C24H24FN3O2. The molecule has 2 fully saturated rings. The van der Waals surface area contributed by atoms with Crippen LogP contribution in [-0.2, 0) is 7.05 Å². The van der Waals surface area contributed by atoms with Gasteiger partial charge < -0.3 is 9.47 Å². The van der Waals surface area contributed by atoms with E-state index in [0.29, 0.717) is 19.0 Å². The highest BCUT2D eigenvalue weighted by Gasteiger charge is 2.47. The normalized spacial score (nSPS) is 23.8. The van der Waals surface area contributed by atoms with Gasteiger partial charge in [0.05, 0.1) is 5.52 Å². The summed E-state index contributed by atoms with van der Waals surface area (Å²) in [7, 11) is 3.76. The Balaban J connectivity index is 1.45. The predicted molar refractivity (Wildman–Crippen MR) is 114 cm³/mol. The van der Waals surface area contributed by atoms with E-state index in [-0.39, 0.29) is 34.8 Å². The third-order valence-electron chi connectivity index (χ3n) is 6.74. The summed E-state index contributed by atoms with van der Waals surface area (Å²) in [6, 6.07) is 16.1. The maximum absolute atomic E-state index is 13.8. The summed E-state index contributed by atoms with van der Waals surface area (Å²) in [6.07, 6.45) is 0. The summed E-state index contributed by atoms with van der Waals surface area (Å²) in [5, 5.41) is 0.875. The highest BCUT2D eigenvalue weighted by atomic mass is 19.1. The van der Waals surface area contributed by atoms with Crippen LogP contribution < -0.4 is 5.56 Å². The fraction of sp³-hybridized carbons (Fsp3) is 0.333. The van der Waals surface area contributed by atoms with Crippen LogP contribution in [0.25, 0.3) is 10.9 Å². The molecule has 0 radical (unpaired) electrons. The summed E-state index contributed by atoms with van der Waals surface area (Å²) in [5.41, 5.74) is 1.70. The number of carbonyl (C=O) groups excluding carboxylic acids is 1. The van der Waals surface area contributed by atoms with Gasteiger partial charge in [0.1, 0.15) is 11.4 Å². The number of hydrogen-bond donors (Lipinski definition) is 0. The van der Waals surface area contributed by atoms with E-state index in [0.717, 1.165) is 23.0 Å². The number of para-hydroxylation sites is 1. The number of rotatable bonds is 2. The lowest BCUT2D eigenvalue weighted by Crippen LogP contribution is -2.37. The summed E-state index contributed by atoms with van der Waals surface area (Å²) < 4.78 is 15.4. The van der Waals surface area contributed by atoms with Gasteiger partial charge in [-0.1, -0.05) is 30.3 Å². The molecule has 3 aromatic rings. The van der Waals surface area contributed by atoms with Crippen molar-refractivity contribution < 1.29 is 9.18 Å². The second-order valence-corrected chi connectivity index (χ2v) is 8.55. The van der Waals surface area contributed by atoms with Crippen LogP contribution in [0.4, 0.5) is 4.39 Å². The Morgan fingerprint density at radius 3 is 2.60 bits per heavy atom. The number of nitrogens with zero attached hydrogens (tertiary/aromatic N) is 3. The van der Waals surface area contributed by atoms with Crippen molar-refractivity contribution in [1.82, 2.24) is 14.4 Å². The number of benzene rings is 2. The van der Waals surface area contributed by atoms with Crippen molar-refractivity contribution in [2.45, 2.75) is 6.04 Å². The highest BCUT2D eigenvalue weighted by molar-refractivity contribution is 5.97. The Morgan fingerprint density at radius 1 is 1.00 bits per heavy atom. The second-order valence-electron chi connectivity index (χ2n) is 8.55. The van der Waals surface area contributed by atoms with Crippen molar-refractivity contribution in [3.63, 3.8) is 0 Å². The molecule has 1 amide bonds. The van der Waals surface area contributed by atoms with Gasteiger partial charge in [0.15, 0.2) is 0 Å². The fourth-order valence-electron chi connectivity index (χ4n) is 5.36. The van der Waals surface area contributed by atoms with E-state index in [1.54, 1.807) is 34.7 Å². The Morgan fingerprint density at radius 2 is 1.80 bits per heavy atom. The summed E-state index contributed by atoms with van der Waals surface area (Å²) in [6.45, 7) is 2.05. The van der Waals surface area contributed by atoms with E-state index in [4.69, 9.17) is 0 Å². The van der Waals surface area contributed by atoms with E-state index >= 15 is 0 Å². The van der Waals surface area contributed by atoms with Gasteiger partial charge in [-0.3, -0.25) is 14.5 Å². The van der Waals surface area contributed by atoms with E-state index in [9.17, 15) is 14.0 Å². The Kier molecular flexibility index (Phi) is 4.47. The average molecular weight is 405 g/mol. The smallest absolute Gasteiger partial charge is 0.263 e. The molecule has 0 unspecified atom stereocenters. The first kappa shape index (κ1) is 19.0. The molecule has 0 N–H and O–H groups in total. The molecule has 2 aliphatic rings. The molecule has 5 nitrogen and oxygen atoms in total. The van der Waals surface area contributed by atoms with Gasteiger partial charge in [0, 0.05) is 38.6 Å². The first-order valence-corrected chi connectivity index (χ1v) is 10.3. The fourth-order valence-corrected chi connectivity index (χ4v) is 5.36. The average Bonchev–Trinajstić information content (AvgIpc) is 3.26. The van der Waals surface area contributed by atoms with Crippen molar-refractivity contribution >= 4 is 16.8 Å². The van der Waals surface area contributed by atoms with Gasteiger partial charge in [-0.05, 0) is 48.2 Å². The highest BCUT2D eigenvalue weighted by Crippen LogP contribution is 2.44. The molecule has 0 saturated carbocycles. The van der Waals surface area contributed by atoms with Crippen LogP contribution in [0.1, 0.15) is 22.0 Å². The van der Waals surface area contributed by atoms with E-state index in [1.807, 2.05) is 30.3 Å². The summed E-state index contributed by atoms with van der Waals surface area (Å²) in [5.74, 6) is 0.0907. The minimum Gasteiger partial charge on any atom is -0.338 e. The van der Waals surface area contributed by atoms with Crippen LogP contribution >= 0.6 is 0 Å². The number of hydrogen-bond acceptors (Lipinski definition) is 3. The number of aryl methyl sites for hydroxylation is 1. The van der Waals surface area contributed by atoms with Gasteiger partial charge in [-0.15, -0.1) is 0 Å². The molecule has 30 heavy (non-hydrogen) atoms. The third-order valence-corrected chi connectivity index (χ3v) is 6.74. The molecule has 6 heteroatoms. The van der Waals surface area contributed by atoms with E-state index in [1.165, 1.54) is 6.07 Å². The van der Waals surface area contributed by atoms with E-state index in [2.05, 4.69) is 11.9 Å². The van der Waals surface area contributed by atoms with Crippen LogP contribution in [0.2, 0.25) is 0 Å². The first-order chi connectivity index (χ1) is 14.4. The monoisotopic (exact) mass is 405 g/mol. The van der Waals surface area contributed by atoms with Gasteiger partial charge in [0.25, 0.3) is 11.5 Å². The van der Waals surface area contributed by atoms with Crippen molar-refractivity contribution in [3.05, 3.63) is 81.9 Å². The SMILES string of the molecule is CN1C[C@H]2CN(C(=O)c3cc4ccccc4n(C)c3=O)C[C@H]2[C@@H]1c1cccc(F)c1. The zero-order valence-electron chi connectivity index (χ0n) is 17.1. The molecule has 2 aliphatic heterocycles. The van der Waals surface area contributed by atoms with Crippen molar-refractivity contribution in [2.24, 2.45) is 18.9 Å². The van der Waals surface area contributed by atoms with Crippen LogP contribution in [0.3, 0.4) is 0 Å². The largest absolute Gasteiger partial charge is 0.338 e. The number of halogens is 1. The molecule has 5 rings (SSSR count). The third kappa shape index (κ3) is 2.94. The van der Waals surface area contributed by atoms with Crippen LogP contribution in [0.15, 0.2) is 59.4 Å². The van der Waals surface area contributed by atoms with Crippen LogP contribution in [-0.4, -0.2) is 47.0 Å². The molecule has 3 atom stereocenters. The number of likely N-dealkylation sites (tertiary alicyclic amines) is 2. The number of carbonyl (C=O) groups is 1. The topological polar surface area (TPSA) is 45.5 Å². The maximum atomic E-state index is 13.8. The molecule has 154 valence electrons. The summed E-state index contributed by atoms with van der Waals surface area (Å²) in [4.78, 5) is 30.2. The number of fused-ring (bicyclic) bond motifs is 2. The zero-order chi connectivity index (χ0) is 21.0. The lowest BCUT2D eigenvalue weighted by molar-refractivity contribution is 0.0765. The minimum absolute atomic E-state index is 0.0722. The number of amides is 1. The molecule has 1 aromatic heterocycles. The Labute approximate surface area is 174 Å². The van der Waals surface area contributed by atoms with Crippen molar-refractivity contribution in [2.75, 3.05) is 26.7 Å². The zero-order valence-corrected chi connectivity index (χ0v) is 17.1. The quantitative estimate of drug-likeness (QED) is 0.658. The number of pyridine rings is 1. The summed E-state index contributed by atoms with van der Waals surface area (Å²) >= 11 is 0. The van der Waals surface area contributed by atoms with Gasteiger partial charge in [0.2, 0.25) is 0 Å². The lowest BCUT2D eigenvalue weighted by atomic mass is 9.89. The van der Waals surface area contributed by atoms with Crippen molar-refractivity contribution in [3.8, 4) is 0 Å². The second kappa shape index (κ2) is 7.06. The van der Waals surface area contributed by atoms with Gasteiger partial charge in [-0.2, -0.15) is 0 Å². The number of aromatic nitrogens is 1.